The second kappa shape index (κ2) is 5.92. The van der Waals surface area contributed by atoms with Crippen LogP contribution in [0.5, 0.6) is 0 Å². The van der Waals surface area contributed by atoms with E-state index in [0.717, 1.165) is 5.69 Å². The zero-order valence-corrected chi connectivity index (χ0v) is 11.7. The maximum Gasteiger partial charge on any atom is 0.244 e. The highest BCUT2D eigenvalue weighted by Gasteiger charge is 2.29. The number of hydrogen-bond acceptors (Lipinski definition) is 5. The van der Waals surface area contributed by atoms with Crippen LogP contribution in [0.15, 0.2) is 18.2 Å². The van der Waals surface area contributed by atoms with Crippen molar-refractivity contribution < 1.29 is 14.3 Å². The molecule has 0 aromatic heterocycles. The van der Waals surface area contributed by atoms with Crippen molar-refractivity contribution in [1.82, 2.24) is 5.32 Å². The number of anilines is 2. The minimum Gasteiger partial charge on any atom is -0.398 e. The molecule has 1 aliphatic rings. The Morgan fingerprint density at radius 2 is 2.20 bits per heavy atom. The molecule has 1 heterocycles. The van der Waals surface area contributed by atoms with Crippen LogP contribution in [-0.2, 0) is 9.53 Å². The summed E-state index contributed by atoms with van der Waals surface area (Å²) in [7, 11) is 1.60. The number of ether oxygens (including phenoxy) is 1. The first-order chi connectivity index (χ1) is 9.54. The summed E-state index contributed by atoms with van der Waals surface area (Å²) in [6.45, 7) is 2.96. The number of nitrogens with one attached hydrogen (secondary N) is 1. The highest BCUT2D eigenvalue weighted by molar-refractivity contribution is 6.00. The van der Waals surface area contributed by atoms with E-state index in [1.807, 2.05) is 11.0 Å². The van der Waals surface area contributed by atoms with Gasteiger partial charge in [-0.05, 0) is 25.1 Å². The Bertz CT molecular complexity index is 530. The van der Waals surface area contributed by atoms with Crippen LogP contribution in [0, 0.1) is 0 Å². The van der Waals surface area contributed by atoms with Crippen LogP contribution in [0.2, 0.25) is 0 Å². The van der Waals surface area contributed by atoms with Crippen LogP contribution in [0.3, 0.4) is 0 Å². The minimum absolute atomic E-state index is 0.0888. The topological polar surface area (TPSA) is 84.7 Å². The van der Waals surface area contributed by atoms with E-state index >= 15 is 0 Å². The largest absolute Gasteiger partial charge is 0.398 e. The van der Waals surface area contributed by atoms with Gasteiger partial charge < -0.3 is 20.7 Å². The summed E-state index contributed by atoms with van der Waals surface area (Å²) in [5.41, 5.74) is 7.53. The Labute approximate surface area is 117 Å². The molecule has 0 spiro atoms. The summed E-state index contributed by atoms with van der Waals surface area (Å²) in [5, 5.41) is 2.63. The molecule has 1 aromatic carbocycles. The molecule has 6 heteroatoms. The molecule has 0 aliphatic carbocycles. The first kappa shape index (κ1) is 14.3. The average molecular weight is 277 g/mol. The van der Waals surface area contributed by atoms with E-state index in [1.165, 1.54) is 6.92 Å². The second-order valence-corrected chi connectivity index (χ2v) is 4.73. The quantitative estimate of drug-likeness (QED) is 0.618. The van der Waals surface area contributed by atoms with Crippen LogP contribution in [0.1, 0.15) is 17.3 Å². The van der Waals surface area contributed by atoms with Gasteiger partial charge in [0.2, 0.25) is 5.91 Å². The van der Waals surface area contributed by atoms with E-state index in [9.17, 15) is 9.59 Å². The third kappa shape index (κ3) is 2.75. The Hall–Kier alpha value is -2.08. The highest BCUT2D eigenvalue weighted by atomic mass is 16.5. The lowest BCUT2D eigenvalue weighted by Crippen LogP contribution is -2.53. The maximum absolute atomic E-state index is 11.9. The van der Waals surface area contributed by atoms with Crippen LogP contribution < -0.4 is 16.0 Å². The normalized spacial score (nSPS) is 18.7. The number of nitrogens with two attached hydrogens (primary N) is 1. The molecule has 3 N–H and O–H groups in total. The summed E-state index contributed by atoms with van der Waals surface area (Å²) in [5.74, 6) is -0.194. The van der Waals surface area contributed by atoms with E-state index in [-0.39, 0.29) is 11.7 Å². The van der Waals surface area contributed by atoms with E-state index in [0.29, 0.717) is 31.0 Å². The number of rotatable bonds is 3. The highest BCUT2D eigenvalue weighted by Crippen LogP contribution is 2.25. The number of hydrogen-bond donors (Lipinski definition) is 2. The van der Waals surface area contributed by atoms with Crippen molar-refractivity contribution in [3.8, 4) is 0 Å². The summed E-state index contributed by atoms with van der Waals surface area (Å²) < 4.78 is 5.36. The molecule has 0 bridgehead atoms. The molecule has 1 saturated heterocycles. The third-order valence-corrected chi connectivity index (χ3v) is 3.43. The molecule has 0 saturated carbocycles. The Balaban J connectivity index is 2.35. The van der Waals surface area contributed by atoms with E-state index in [1.54, 1.807) is 19.2 Å². The summed E-state index contributed by atoms with van der Waals surface area (Å²) in [4.78, 5) is 25.4. The monoisotopic (exact) mass is 277 g/mol. The molecule has 1 amide bonds. The smallest absolute Gasteiger partial charge is 0.244 e. The second-order valence-electron chi connectivity index (χ2n) is 4.73. The number of likely N-dealkylation sites (N-methyl/N-ethyl adjacent to an activating group) is 1. The number of nitrogens with zero attached hydrogens (tertiary/aromatic N) is 1. The number of carbonyl (C=O) groups excluding carboxylic acids is 2. The lowest BCUT2D eigenvalue weighted by atomic mass is 10.1. The van der Waals surface area contributed by atoms with Crippen LogP contribution in [0.4, 0.5) is 11.4 Å². The molecule has 1 atom stereocenters. The van der Waals surface area contributed by atoms with Crippen molar-refractivity contribution in [2.45, 2.75) is 13.0 Å². The fourth-order valence-electron chi connectivity index (χ4n) is 2.32. The van der Waals surface area contributed by atoms with E-state index in [4.69, 9.17) is 10.5 Å². The summed E-state index contributed by atoms with van der Waals surface area (Å²) in [6, 6.07) is 4.86. The van der Waals surface area contributed by atoms with Gasteiger partial charge in [-0.15, -0.1) is 0 Å². The number of Topliss-reactive ketones (excluding diaryl/α,β-unsaturated/α-hetero) is 1. The predicted molar refractivity (Wildman–Crippen MR) is 76.9 cm³/mol. The Kier molecular flexibility index (Phi) is 4.24. The fraction of sp³-hybridized carbons (Fsp3) is 0.429. The van der Waals surface area contributed by atoms with E-state index in [2.05, 4.69) is 5.32 Å². The van der Waals surface area contributed by atoms with Crippen molar-refractivity contribution in [3.63, 3.8) is 0 Å². The molecular weight excluding hydrogens is 258 g/mol. The molecule has 108 valence electrons. The molecule has 20 heavy (non-hydrogen) atoms. The lowest BCUT2D eigenvalue weighted by molar-refractivity contribution is -0.124. The van der Waals surface area contributed by atoms with Crippen LogP contribution in [0.25, 0.3) is 0 Å². The number of carbonyl (C=O) groups is 2. The standard InChI is InChI=1S/C14H19N3O3/c1-9(18)11-7-10(3-4-12(11)15)17-5-6-20-8-13(17)14(19)16-2/h3-4,7,13H,5-6,8,15H2,1-2H3,(H,16,19). The molecular formula is C14H19N3O3. The lowest BCUT2D eigenvalue weighted by Gasteiger charge is -2.36. The zero-order valence-electron chi connectivity index (χ0n) is 11.7. The SMILES string of the molecule is CNC(=O)C1COCCN1c1ccc(N)c(C(C)=O)c1. The van der Waals surface area contributed by atoms with Gasteiger partial charge in [0, 0.05) is 30.5 Å². The number of morpholine rings is 1. The van der Waals surface area contributed by atoms with Gasteiger partial charge in [-0.2, -0.15) is 0 Å². The molecule has 1 aromatic rings. The molecule has 1 fully saturated rings. The molecule has 1 unspecified atom stereocenters. The van der Waals surface area contributed by atoms with Crippen molar-refractivity contribution in [3.05, 3.63) is 23.8 Å². The number of benzene rings is 1. The van der Waals surface area contributed by atoms with Crippen molar-refractivity contribution >= 4 is 23.1 Å². The number of amides is 1. The number of ketones is 1. The zero-order chi connectivity index (χ0) is 14.7. The van der Waals surface area contributed by atoms with Gasteiger partial charge in [0.05, 0.1) is 13.2 Å². The van der Waals surface area contributed by atoms with Gasteiger partial charge in [-0.1, -0.05) is 0 Å². The summed E-state index contributed by atoms with van der Waals surface area (Å²) in [6.07, 6.45) is 0. The number of nitrogen functional groups attached to an aromatic ring is 1. The van der Waals surface area contributed by atoms with Gasteiger partial charge in [0.25, 0.3) is 0 Å². The summed E-state index contributed by atoms with van der Waals surface area (Å²) >= 11 is 0. The van der Waals surface area contributed by atoms with E-state index < -0.39 is 6.04 Å². The molecule has 0 radical (unpaired) electrons. The Morgan fingerprint density at radius 1 is 1.45 bits per heavy atom. The van der Waals surface area contributed by atoms with Crippen molar-refractivity contribution in [2.24, 2.45) is 0 Å². The van der Waals surface area contributed by atoms with Crippen LogP contribution in [-0.4, -0.2) is 44.5 Å². The van der Waals surface area contributed by atoms with Crippen molar-refractivity contribution in [1.29, 1.82) is 0 Å². The van der Waals surface area contributed by atoms with Gasteiger partial charge in [0.1, 0.15) is 6.04 Å². The molecule has 6 nitrogen and oxygen atoms in total. The predicted octanol–water partition coefficient (Wildman–Crippen LogP) is 0.423. The van der Waals surface area contributed by atoms with Gasteiger partial charge in [-0.3, -0.25) is 9.59 Å². The van der Waals surface area contributed by atoms with Gasteiger partial charge in [-0.25, -0.2) is 0 Å². The first-order valence-electron chi connectivity index (χ1n) is 6.51. The van der Waals surface area contributed by atoms with Crippen LogP contribution >= 0.6 is 0 Å². The average Bonchev–Trinajstić information content (AvgIpc) is 2.46. The fourth-order valence-corrected chi connectivity index (χ4v) is 2.32. The third-order valence-electron chi connectivity index (χ3n) is 3.43. The first-order valence-corrected chi connectivity index (χ1v) is 6.51. The minimum atomic E-state index is -0.391. The maximum atomic E-state index is 11.9. The van der Waals surface area contributed by atoms with Gasteiger partial charge in [0.15, 0.2) is 5.78 Å². The van der Waals surface area contributed by atoms with Crippen molar-refractivity contribution in [2.75, 3.05) is 37.4 Å². The van der Waals surface area contributed by atoms with Gasteiger partial charge >= 0.3 is 0 Å². The molecule has 2 rings (SSSR count). The molecule has 1 aliphatic heterocycles. The Morgan fingerprint density at radius 3 is 2.85 bits per heavy atom.